The van der Waals surface area contributed by atoms with Gasteiger partial charge in [0.25, 0.3) is 0 Å². The summed E-state index contributed by atoms with van der Waals surface area (Å²) in [6, 6.07) is 7.70. The average molecular weight is 430 g/mol. The van der Waals surface area contributed by atoms with Crippen LogP contribution in [0.25, 0.3) is 5.82 Å². The molecule has 0 saturated carbocycles. The standard InChI is InChI=1S/C21H21F3N6O/c22-21(23,24)17-5-1-7-26-19(17)29-10-2-4-16(14-29)20(31)27-13-15-6-9-25-18(12-15)30-11-3-8-28-30/h1,3,5-9,11-12,16H,2,4,10,13-14H2,(H,27,31)/t16-/m1/s1. The number of nitrogens with one attached hydrogen (secondary N) is 1. The molecule has 1 aliphatic heterocycles. The van der Waals surface area contributed by atoms with Crippen LogP contribution in [0.5, 0.6) is 0 Å². The highest BCUT2D eigenvalue weighted by Crippen LogP contribution is 2.36. The van der Waals surface area contributed by atoms with Crippen LogP contribution in [-0.2, 0) is 17.5 Å². The van der Waals surface area contributed by atoms with E-state index in [1.165, 1.54) is 12.3 Å². The molecule has 1 saturated heterocycles. The van der Waals surface area contributed by atoms with Crippen LogP contribution in [0.2, 0.25) is 0 Å². The summed E-state index contributed by atoms with van der Waals surface area (Å²) in [7, 11) is 0. The molecule has 0 radical (unpaired) electrons. The van der Waals surface area contributed by atoms with Crippen LogP contribution in [0.1, 0.15) is 24.0 Å². The lowest BCUT2D eigenvalue weighted by Gasteiger charge is -2.34. The summed E-state index contributed by atoms with van der Waals surface area (Å²) in [5, 5.41) is 7.03. The molecule has 1 atom stereocenters. The van der Waals surface area contributed by atoms with Crippen molar-refractivity contribution in [3.05, 3.63) is 66.2 Å². The maximum absolute atomic E-state index is 13.3. The van der Waals surface area contributed by atoms with Gasteiger partial charge in [0, 0.05) is 44.4 Å². The monoisotopic (exact) mass is 430 g/mol. The van der Waals surface area contributed by atoms with Gasteiger partial charge in [0.2, 0.25) is 5.91 Å². The van der Waals surface area contributed by atoms with E-state index in [1.54, 1.807) is 40.3 Å². The Morgan fingerprint density at radius 3 is 2.81 bits per heavy atom. The van der Waals surface area contributed by atoms with Gasteiger partial charge in [0.05, 0.1) is 11.5 Å². The molecular weight excluding hydrogens is 409 g/mol. The summed E-state index contributed by atoms with van der Waals surface area (Å²) < 4.78 is 41.7. The molecule has 0 aliphatic carbocycles. The van der Waals surface area contributed by atoms with Crippen LogP contribution in [0, 0.1) is 5.92 Å². The molecule has 7 nitrogen and oxygen atoms in total. The lowest BCUT2D eigenvalue weighted by atomic mass is 9.96. The lowest BCUT2D eigenvalue weighted by Crippen LogP contribution is -2.43. The normalized spacial score (nSPS) is 16.9. The first kappa shape index (κ1) is 20.8. The van der Waals surface area contributed by atoms with Crippen LogP contribution in [0.4, 0.5) is 19.0 Å². The van der Waals surface area contributed by atoms with Crippen molar-refractivity contribution in [2.45, 2.75) is 25.6 Å². The van der Waals surface area contributed by atoms with Gasteiger partial charge in [0.15, 0.2) is 5.82 Å². The van der Waals surface area contributed by atoms with E-state index in [4.69, 9.17) is 0 Å². The fourth-order valence-corrected chi connectivity index (χ4v) is 3.69. The van der Waals surface area contributed by atoms with Crippen LogP contribution < -0.4 is 10.2 Å². The number of amides is 1. The summed E-state index contributed by atoms with van der Waals surface area (Å²) >= 11 is 0. The quantitative estimate of drug-likeness (QED) is 0.673. The second-order valence-corrected chi connectivity index (χ2v) is 7.35. The zero-order valence-corrected chi connectivity index (χ0v) is 16.6. The highest BCUT2D eigenvalue weighted by atomic mass is 19.4. The predicted molar refractivity (Wildman–Crippen MR) is 107 cm³/mol. The van der Waals surface area contributed by atoms with Crippen molar-refractivity contribution in [3.8, 4) is 5.82 Å². The molecule has 1 aliphatic rings. The fraction of sp³-hybridized carbons (Fsp3) is 0.333. The number of alkyl halides is 3. The molecule has 4 heterocycles. The largest absolute Gasteiger partial charge is 0.419 e. The number of anilines is 1. The number of nitrogens with zero attached hydrogens (tertiary/aromatic N) is 5. The number of piperidine rings is 1. The number of carbonyl (C=O) groups excluding carboxylic acids is 1. The van der Waals surface area contributed by atoms with Crippen molar-refractivity contribution in [2.24, 2.45) is 5.92 Å². The van der Waals surface area contributed by atoms with E-state index in [-0.39, 0.29) is 18.3 Å². The number of hydrogen-bond donors (Lipinski definition) is 1. The van der Waals surface area contributed by atoms with E-state index >= 15 is 0 Å². The molecular formula is C21H21F3N6O. The Hall–Kier alpha value is -3.43. The highest BCUT2D eigenvalue weighted by Gasteiger charge is 2.37. The third kappa shape index (κ3) is 4.84. The van der Waals surface area contributed by atoms with Gasteiger partial charge < -0.3 is 10.2 Å². The molecule has 10 heteroatoms. The predicted octanol–water partition coefficient (Wildman–Crippen LogP) is 3.21. The first-order valence-corrected chi connectivity index (χ1v) is 9.91. The molecule has 162 valence electrons. The van der Waals surface area contributed by atoms with E-state index in [1.807, 2.05) is 6.07 Å². The minimum absolute atomic E-state index is 0.120. The van der Waals surface area contributed by atoms with E-state index in [0.29, 0.717) is 31.7 Å². The van der Waals surface area contributed by atoms with Crippen LogP contribution in [-0.4, -0.2) is 38.7 Å². The number of hydrogen-bond acceptors (Lipinski definition) is 5. The van der Waals surface area contributed by atoms with Crippen molar-refractivity contribution in [2.75, 3.05) is 18.0 Å². The Balaban J connectivity index is 1.41. The Morgan fingerprint density at radius 1 is 1.16 bits per heavy atom. The van der Waals surface area contributed by atoms with Gasteiger partial charge in [-0.05, 0) is 48.7 Å². The molecule has 0 aromatic carbocycles. The summed E-state index contributed by atoms with van der Waals surface area (Å²) in [5.74, 6) is -0.0863. The van der Waals surface area contributed by atoms with Crippen molar-refractivity contribution < 1.29 is 18.0 Å². The van der Waals surface area contributed by atoms with Gasteiger partial charge in [-0.1, -0.05) is 0 Å². The van der Waals surface area contributed by atoms with Crippen molar-refractivity contribution in [1.82, 2.24) is 25.1 Å². The lowest BCUT2D eigenvalue weighted by molar-refractivity contribution is -0.137. The molecule has 4 rings (SSSR count). The second-order valence-electron chi connectivity index (χ2n) is 7.35. The number of pyridine rings is 2. The average Bonchev–Trinajstić information content (AvgIpc) is 3.32. The molecule has 1 N–H and O–H groups in total. The van der Waals surface area contributed by atoms with E-state index in [2.05, 4.69) is 20.4 Å². The van der Waals surface area contributed by atoms with Gasteiger partial charge in [-0.3, -0.25) is 4.79 Å². The Bertz CT molecular complexity index is 1040. The van der Waals surface area contributed by atoms with Gasteiger partial charge in [0.1, 0.15) is 5.82 Å². The van der Waals surface area contributed by atoms with Crippen molar-refractivity contribution in [1.29, 1.82) is 0 Å². The molecule has 1 amide bonds. The third-order valence-corrected chi connectivity index (χ3v) is 5.20. The molecule has 0 bridgehead atoms. The van der Waals surface area contributed by atoms with Crippen LogP contribution >= 0.6 is 0 Å². The fourth-order valence-electron chi connectivity index (χ4n) is 3.69. The third-order valence-electron chi connectivity index (χ3n) is 5.20. The minimum Gasteiger partial charge on any atom is -0.355 e. The van der Waals surface area contributed by atoms with Crippen molar-refractivity contribution >= 4 is 11.7 Å². The van der Waals surface area contributed by atoms with Gasteiger partial charge in [-0.25, -0.2) is 14.6 Å². The molecule has 3 aromatic rings. The minimum atomic E-state index is -4.49. The number of halogens is 3. The Kier molecular flexibility index (Phi) is 5.88. The Morgan fingerprint density at radius 2 is 2.03 bits per heavy atom. The highest BCUT2D eigenvalue weighted by molar-refractivity contribution is 5.79. The topological polar surface area (TPSA) is 75.9 Å². The van der Waals surface area contributed by atoms with E-state index < -0.39 is 17.7 Å². The summed E-state index contributed by atoms with van der Waals surface area (Å²) in [6.07, 6.45) is 3.14. The Labute approximate surface area is 176 Å². The zero-order chi connectivity index (χ0) is 21.8. The van der Waals surface area contributed by atoms with Gasteiger partial charge in [-0.15, -0.1) is 0 Å². The SMILES string of the molecule is O=C(NCc1ccnc(-n2cccn2)c1)[C@@H]1CCCN(c2ncccc2C(F)(F)F)C1. The van der Waals surface area contributed by atoms with E-state index in [9.17, 15) is 18.0 Å². The van der Waals surface area contributed by atoms with Gasteiger partial charge >= 0.3 is 6.18 Å². The molecule has 0 unspecified atom stereocenters. The van der Waals surface area contributed by atoms with Crippen LogP contribution in [0.15, 0.2) is 55.1 Å². The molecule has 1 fully saturated rings. The van der Waals surface area contributed by atoms with Crippen LogP contribution in [0.3, 0.4) is 0 Å². The van der Waals surface area contributed by atoms with Gasteiger partial charge in [-0.2, -0.15) is 18.3 Å². The summed E-state index contributed by atoms with van der Waals surface area (Å²) in [5.41, 5.74) is 0.0737. The zero-order valence-electron chi connectivity index (χ0n) is 16.6. The maximum atomic E-state index is 13.3. The first-order valence-electron chi connectivity index (χ1n) is 9.91. The smallest absolute Gasteiger partial charge is 0.355 e. The summed E-state index contributed by atoms with van der Waals surface area (Å²) in [4.78, 5) is 22.5. The number of aromatic nitrogens is 4. The maximum Gasteiger partial charge on any atom is 0.419 e. The number of rotatable bonds is 5. The molecule has 31 heavy (non-hydrogen) atoms. The molecule has 0 spiro atoms. The first-order chi connectivity index (χ1) is 14.9. The summed E-state index contributed by atoms with van der Waals surface area (Å²) in [6.45, 7) is 0.922. The van der Waals surface area contributed by atoms with Crippen molar-refractivity contribution in [3.63, 3.8) is 0 Å². The van der Waals surface area contributed by atoms with E-state index in [0.717, 1.165) is 11.6 Å². The second kappa shape index (κ2) is 8.75. The molecule has 3 aromatic heterocycles. The number of carbonyl (C=O) groups is 1.